The number of thioether (sulfide) groups is 1. The molecule has 2 aromatic heterocycles. The number of nitrogen functional groups attached to an aromatic ring is 1. The van der Waals surface area contributed by atoms with Crippen molar-refractivity contribution < 1.29 is 0 Å². The normalized spacial score (nSPS) is 13.4. The van der Waals surface area contributed by atoms with E-state index in [9.17, 15) is 0 Å². The minimum absolute atomic E-state index is 0.379. The van der Waals surface area contributed by atoms with Gasteiger partial charge in [-0.1, -0.05) is 6.92 Å². The van der Waals surface area contributed by atoms with Gasteiger partial charge in [-0.15, -0.1) is 0 Å². The number of rotatable bonds is 4. The highest BCUT2D eigenvalue weighted by Gasteiger charge is 2.20. The standard InChI is InChI=1S/C11H19N5S/c1-5-8(6-17-4)16-10-9(13-11(16)12)7(2)14-15(10)3/h8H,5-6H2,1-4H3,(H2,12,13). The zero-order valence-corrected chi connectivity index (χ0v) is 11.6. The van der Waals surface area contributed by atoms with E-state index in [2.05, 4.69) is 27.8 Å². The molecule has 2 N–H and O–H groups in total. The number of aromatic nitrogens is 4. The van der Waals surface area contributed by atoms with Gasteiger partial charge >= 0.3 is 0 Å². The van der Waals surface area contributed by atoms with E-state index in [0.29, 0.717) is 12.0 Å². The number of hydrogen-bond acceptors (Lipinski definition) is 4. The minimum Gasteiger partial charge on any atom is -0.369 e. The predicted octanol–water partition coefficient (Wildman–Crippen LogP) is 1.97. The molecular formula is C11H19N5S. The number of nitrogens with two attached hydrogens (primary N) is 1. The van der Waals surface area contributed by atoms with Crippen molar-refractivity contribution >= 4 is 28.9 Å². The molecule has 6 heteroatoms. The Labute approximate surface area is 105 Å². The van der Waals surface area contributed by atoms with Crippen molar-refractivity contribution in [3.8, 4) is 0 Å². The topological polar surface area (TPSA) is 61.7 Å². The molecule has 0 amide bonds. The highest BCUT2D eigenvalue weighted by atomic mass is 32.2. The first-order valence-corrected chi connectivity index (χ1v) is 7.15. The van der Waals surface area contributed by atoms with Crippen molar-refractivity contribution in [2.75, 3.05) is 17.7 Å². The maximum atomic E-state index is 6.04. The second-order valence-electron chi connectivity index (χ2n) is 4.24. The lowest BCUT2D eigenvalue weighted by molar-refractivity contribution is 0.547. The van der Waals surface area contributed by atoms with Crippen LogP contribution in [0.15, 0.2) is 0 Å². The van der Waals surface area contributed by atoms with Gasteiger partial charge in [0.25, 0.3) is 0 Å². The van der Waals surface area contributed by atoms with Gasteiger partial charge in [0, 0.05) is 18.8 Å². The van der Waals surface area contributed by atoms with Crippen molar-refractivity contribution in [3.05, 3.63) is 5.69 Å². The van der Waals surface area contributed by atoms with Crippen LogP contribution < -0.4 is 5.73 Å². The summed E-state index contributed by atoms with van der Waals surface area (Å²) in [5, 5.41) is 4.40. The van der Waals surface area contributed by atoms with Crippen LogP contribution in [0.2, 0.25) is 0 Å². The smallest absolute Gasteiger partial charge is 0.202 e. The molecule has 0 aliphatic rings. The Morgan fingerprint density at radius 2 is 2.18 bits per heavy atom. The van der Waals surface area contributed by atoms with E-state index in [1.54, 1.807) is 0 Å². The van der Waals surface area contributed by atoms with E-state index in [1.807, 2.05) is 30.4 Å². The summed E-state index contributed by atoms with van der Waals surface area (Å²) in [7, 11) is 1.94. The second kappa shape index (κ2) is 4.60. The average molecular weight is 253 g/mol. The van der Waals surface area contributed by atoms with Gasteiger partial charge in [0.15, 0.2) is 5.65 Å². The quantitative estimate of drug-likeness (QED) is 0.905. The van der Waals surface area contributed by atoms with Gasteiger partial charge in [-0.25, -0.2) is 4.98 Å². The second-order valence-corrected chi connectivity index (χ2v) is 5.15. The van der Waals surface area contributed by atoms with Crippen LogP contribution in [0.4, 0.5) is 5.95 Å². The minimum atomic E-state index is 0.379. The monoisotopic (exact) mass is 253 g/mol. The first-order valence-electron chi connectivity index (χ1n) is 5.76. The molecule has 1 unspecified atom stereocenters. The van der Waals surface area contributed by atoms with Crippen molar-refractivity contribution in [2.24, 2.45) is 7.05 Å². The lowest BCUT2D eigenvalue weighted by Crippen LogP contribution is -2.15. The summed E-state index contributed by atoms with van der Waals surface area (Å²) in [6.07, 6.45) is 3.15. The molecule has 1 atom stereocenters. The van der Waals surface area contributed by atoms with Crippen LogP contribution in [0.3, 0.4) is 0 Å². The molecule has 0 aliphatic heterocycles. The fourth-order valence-electron chi connectivity index (χ4n) is 2.24. The van der Waals surface area contributed by atoms with Crippen LogP contribution in [-0.4, -0.2) is 31.3 Å². The van der Waals surface area contributed by atoms with Gasteiger partial charge in [-0.3, -0.25) is 9.25 Å². The third kappa shape index (κ3) is 1.90. The van der Waals surface area contributed by atoms with Crippen molar-refractivity contribution in [1.82, 2.24) is 19.3 Å². The molecule has 2 heterocycles. The van der Waals surface area contributed by atoms with Crippen LogP contribution in [0.25, 0.3) is 11.2 Å². The maximum Gasteiger partial charge on any atom is 0.202 e. The van der Waals surface area contributed by atoms with Crippen molar-refractivity contribution in [1.29, 1.82) is 0 Å². The van der Waals surface area contributed by atoms with Gasteiger partial charge in [0.2, 0.25) is 5.95 Å². The van der Waals surface area contributed by atoms with Gasteiger partial charge in [-0.2, -0.15) is 16.9 Å². The summed E-state index contributed by atoms with van der Waals surface area (Å²) in [6, 6.07) is 0.379. The summed E-state index contributed by atoms with van der Waals surface area (Å²) >= 11 is 1.83. The lowest BCUT2D eigenvalue weighted by atomic mass is 10.2. The Balaban J connectivity index is 2.62. The molecule has 0 saturated carbocycles. The van der Waals surface area contributed by atoms with Gasteiger partial charge in [-0.05, 0) is 19.6 Å². The SMILES string of the molecule is CCC(CSC)n1c(N)nc2c(C)nn(C)c21. The molecular weight excluding hydrogens is 234 g/mol. The molecule has 2 rings (SSSR count). The van der Waals surface area contributed by atoms with E-state index < -0.39 is 0 Å². The first-order chi connectivity index (χ1) is 8.10. The first kappa shape index (κ1) is 12.3. The molecule has 0 bridgehead atoms. The third-order valence-corrected chi connectivity index (χ3v) is 3.78. The molecule has 0 aromatic carbocycles. The van der Waals surface area contributed by atoms with Crippen molar-refractivity contribution in [2.45, 2.75) is 26.3 Å². The fourth-order valence-corrected chi connectivity index (χ4v) is 3.01. The maximum absolute atomic E-state index is 6.04. The molecule has 0 aliphatic carbocycles. The van der Waals surface area contributed by atoms with Gasteiger partial charge in [0.1, 0.15) is 5.52 Å². The van der Waals surface area contributed by atoms with Crippen molar-refractivity contribution in [3.63, 3.8) is 0 Å². The molecule has 0 spiro atoms. The van der Waals surface area contributed by atoms with Crippen LogP contribution in [0, 0.1) is 6.92 Å². The molecule has 5 nitrogen and oxygen atoms in total. The van der Waals surface area contributed by atoms with Crippen LogP contribution in [0.1, 0.15) is 25.1 Å². The Morgan fingerprint density at radius 1 is 1.47 bits per heavy atom. The van der Waals surface area contributed by atoms with E-state index in [0.717, 1.165) is 29.0 Å². The number of hydrogen-bond donors (Lipinski definition) is 1. The zero-order chi connectivity index (χ0) is 12.6. The van der Waals surface area contributed by atoms with E-state index in [1.165, 1.54) is 0 Å². The van der Waals surface area contributed by atoms with E-state index in [4.69, 9.17) is 5.73 Å². The molecule has 17 heavy (non-hydrogen) atoms. The molecule has 94 valence electrons. The highest BCUT2D eigenvalue weighted by Crippen LogP contribution is 2.27. The highest BCUT2D eigenvalue weighted by molar-refractivity contribution is 7.98. The number of aryl methyl sites for hydroxylation is 2. The Bertz CT molecular complexity index is 527. The Kier molecular flexibility index (Phi) is 3.33. The van der Waals surface area contributed by atoms with Crippen LogP contribution in [0.5, 0.6) is 0 Å². The average Bonchev–Trinajstić information content (AvgIpc) is 2.75. The van der Waals surface area contributed by atoms with Gasteiger partial charge in [0.05, 0.1) is 5.69 Å². The Morgan fingerprint density at radius 3 is 2.76 bits per heavy atom. The number of fused-ring (bicyclic) bond motifs is 1. The van der Waals surface area contributed by atoms with Crippen LogP contribution >= 0.6 is 11.8 Å². The van der Waals surface area contributed by atoms with E-state index in [-0.39, 0.29) is 0 Å². The van der Waals surface area contributed by atoms with Gasteiger partial charge < -0.3 is 5.73 Å². The summed E-state index contributed by atoms with van der Waals surface area (Å²) in [4.78, 5) is 4.43. The van der Waals surface area contributed by atoms with Crippen LogP contribution in [-0.2, 0) is 7.05 Å². The zero-order valence-electron chi connectivity index (χ0n) is 10.8. The lowest BCUT2D eigenvalue weighted by Gasteiger charge is -2.17. The molecule has 0 fully saturated rings. The largest absolute Gasteiger partial charge is 0.369 e. The number of imidazole rings is 1. The molecule has 0 radical (unpaired) electrons. The summed E-state index contributed by atoms with van der Waals surface area (Å²) in [5.74, 6) is 1.63. The summed E-state index contributed by atoms with van der Waals surface area (Å²) in [6.45, 7) is 4.14. The van der Waals surface area contributed by atoms with E-state index >= 15 is 0 Å². The number of nitrogens with zero attached hydrogens (tertiary/aromatic N) is 4. The fraction of sp³-hybridized carbons (Fsp3) is 0.636. The Hall–Kier alpha value is -1.17. The number of anilines is 1. The summed E-state index contributed by atoms with van der Waals surface area (Å²) < 4.78 is 3.99. The molecule has 0 saturated heterocycles. The predicted molar refractivity (Wildman–Crippen MR) is 73.4 cm³/mol. The summed E-state index contributed by atoms with van der Waals surface area (Å²) in [5.41, 5.74) is 8.93. The molecule has 2 aromatic rings. The third-order valence-electron chi connectivity index (χ3n) is 3.06.